The van der Waals surface area contributed by atoms with Crippen LogP contribution in [0.25, 0.3) is 0 Å². The van der Waals surface area contributed by atoms with Gasteiger partial charge in [0.25, 0.3) is 0 Å². The molecule has 4 atom stereocenters. The molecule has 0 aliphatic heterocycles. The van der Waals surface area contributed by atoms with Crippen LogP contribution in [0.1, 0.15) is 138 Å². The van der Waals surface area contributed by atoms with Gasteiger partial charge in [0.05, 0.1) is 11.4 Å². The van der Waals surface area contributed by atoms with E-state index in [1.165, 1.54) is 11.1 Å². The average molecular weight is 541 g/mol. The van der Waals surface area contributed by atoms with E-state index >= 15 is 0 Å². The Morgan fingerprint density at radius 3 is 1.30 bits per heavy atom. The Balaban J connectivity index is 1.95. The van der Waals surface area contributed by atoms with Gasteiger partial charge in [0.15, 0.2) is 0 Å². The molecule has 3 rings (SSSR count). The molecule has 0 aliphatic carbocycles. The summed E-state index contributed by atoms with van der Waals surface area (Å²) in [4.78, 5) is 9.42. The predicted octanol–water partition coefficient (Wildman–Crippen LogP) is 10.7. The minimum Gasteiger partial charge on any atom is -0.507 e. The first kappa shape index (κ1) is 31.1. The fourth-order valence-electron chi connectivity index (χ4n) is 4.78. The zero-order chi connectivity index (χ0) is 29.4. The fourth-order valence-corrected chi connectivity index (χ4v) is 4.78. The SMILES string of the molecule is CCC(C)c1cc(C=Nc2cccc(N=Cc3cc(C(C)CC)cc(C(C)CC)c3O)c2)c(O)c(C(C)CC)c1. The van der Waals surface area contributed by atoms with Crippen molar-refractivity contribution in [2.75, 3.05) is 0 Å². The van der Waals surface area contributed by atoms with Crippen molar-refractivity contribution in [3.05, 3.63) is 81.9 Å². The van der Waals surface area contributed by atoms with E-state index in [0.717, 1.165) is 59.3 Å². The molecule has 0 saturated carbocycles. The summed E-state index contributed by atoms with van der Waals surface area (Å²) in [7, 11) is 0. The molecule has 0 radical (unpaired) electrons. The first-order valence-electron chi connectivity index (χ1n) is 15.0. The molecule has 4 nitrogen and oxygen atoms in total. The maximum atomic E-state index is 11.1. The van der Waals surface area contributed by atoms with Gasteiger partial charge in [0, 0.05) is 23.6 Å². The lowest BCUT2D eigenvalue weighted by Crippen LogP contribution is -2.01. The lowest BCUT2D eigenvalue weighted by atomic mass is 9.89. The third kappa shape index (κ3) is 7.41. The third-order valence-corrected chi connectivity index (χ3v) is 8.57. The summed E-state index contributed by atoms with van der Waals surface area (Å²) in [5.74, 6) is 1.98. The molecular weight excluding hydrogens is 492 g/mol. The van der Waals surface area contributed by atoms with Crippen molar-refractivity contribution in [1.82, 2.24) is 0 Å². The smallest absolute Gasteiger partial charge is 0.127 e. The topological polar surface area (TPSA) is 65.2 Å². The Hall–Kier alpha value is -3.40. The number of hydrogen-bond donors (Lipinski definition) is 2. The van der Waals surface area contributed by atoms with E-state index in [4.69, 9.17) is 9.98 Å². The molecule has 0 saturated heterocycles. The van der Waals surface area contributed by atoms with E-state index in [2.05, 4.69) is 79.7 Å². The van der Waals surface area contributed by atoms with Crippen LogP contribution in [0, 0.1) is 0 Å². The van der Waals surface area contributed by atoms with Gasteiger partial charge in [-0.3, -0.25) is 9.98 Å². The van der Waals surface area contributed by atoms with Gasteiger partial charge in [-0.25, -0.2) is 0 Å². The van der Waals surface area contributed by atoms with Gasteiger partial charge in [0.1, 0.15) is 11.5 Å². The molecule has 3 aromatic rings. The van der Waals surface area contributed by atoms with Gasteiger partial charge in [-0.15, -0.1) is 0 Å². The Morgan fingerprint density at radius 1 is 0.575 bits per heavy atom. The summed E-state index contributed by atoms with van der Waals surface area (Å²) in [5.41, 5.74) is 7.42. The van der Waals surface area contributed by atoms with Gasteiger partial charge in [0.2, 0.25) is 0 Å². The molecule has 0 amide bonds. The van der Waals surface area contributed by atoms with Crippen LogP contribution in [-0.4, -0.2) is 22.6 Å². The number of phenols is 2. The van der Waals surface area contributed by atoms with Crippen molar-refractivity contribution in [2.45, 2.75) is 105 Å². The van der Waals surface area contributed by atoms with E-state index in [-0.39, 0.29) is 11.8 Å². The van der Waals surface area contributed by atoms with E-state index in [1.54, 1.807) is 12.4 Å². The maximum absolute atomic E-state index is 11.1. The first-order chi connectivity index (χ1) is 19.1. The second kappa shape index (κ2) is 14.3. The molecule has 40 heavy (non-hydrogen) atoms. The summed E-state index contributed by atoms with van der Waals surface area (Å²) < 4.78 is 0. The largest absolute Gasteiger partial charge is 0.507 e. The lowest BCUT2D eigenvalue weighted by molar-refractivity contribution is 0.460. The van der Waals surface area contributed by atoms with Gasteiger partial charge >= 0.3 is 0 Å². The van der Waals surface area contributed by atoms with E-state index in [1.807, 2.05) is 24.3 Å². The standard InChI is InChI=1S/C36H48N2O2/c1-9-23(5)27-16-29(35(39)33(18-27)25(7)11-3)21-37-31-14-13-15-32(20-31)38-22-30-17-28(24(6)10-2)19-34(36(30)40)26(8)12-4/h13-26,39-40H,9-12H2,1-8H3. The Morgan fingerprint density at radius 2 is 0.950 bits per heavy atom. The summed E-state index contributed by atoms with van der Waals surface area (Å²) in [6.45, 7) is 17.4. The molecule has 0 spiro atoms. The molecule has 0 aliphatic rings. The van der Waals surface area contributed by atoms with Crippen LogP contribution in [0.15, 0.2) is 58.5 Å². The maximum Gasteiger partial charge on any atom is 0.127 e. The Bertz CT molecular complexity index is 1240. The zero-order valence-electron chi connectivity index (χ0n) is 25.7. The Labute approximate surface area is 241 Å². The van der Waals surface area contributed by atoms with Crippen LogP contribution in [0.5, 0.6) is 11.5 Å². The first-order valence-corrected chi connectivity index (χ1v) is 15.0. The highest BCUT2D eigenvalue weighted by atomic mass is 16.3. The molecule has 4 unspecified atom stereocenters. The summed E-state index contributed by atoms with van der Waals surface area (Å²) >= 11 is 0. The number of benzene rings is 3. The zero-order valence-corrected chi connectivity index (χ0v) is 25.7. The minimum atomic E-state index is 0.268. The van der Waals surface area contributed by atoms with Crippen LogP contribution in [0.3, 0.4) is 0 Å². The second-order valence-corrected chi connectivity index (χ2v) is 11.4. The molecule has 0 aromatic heterocycles. The van der Waals surface area contributed by atoms with E-state index < -0.39 is 0 Å². The van der Waals surface area contributed by atoms with Crippen molar-refractivity contribution in [3.63, 3.8) is 0 Å². The van der Waals surface area contributed by atoms with Crippen molar-refractivity contribution >= 4 is 23.8 Å². The summed E-state index contributed by atoms with van der Waals surface area (Å²) in [5, 5.41) is 22.1. The molecule has 0 fully saturated rings. The molecule has 214 valence electrons. The molecule has 4 heteroatoms. The number of rotatable bonds is 12. The highest BCUT2D eigenvalue weighted by Crippen LogP contribution is 2.36. The van der Waals surface area contributed by atoms with Crippen LogP contribution in [0.2, 0.25) is 0 Å². The molecule has 0 heterocycles. The van der Waals surface area contributed by atoms with Crippen LogP contribution < -0.4 is 0 Å². The molecule has 0 bridgehead atoms. The fraction of sp³-hybridized carbons (Fsp3) is 0.444. The summed E-state index contributed by atoms with van der Waals surface area (Å²) in [6.07, 6.45) is 7.52. The number of aliphatic imine (C=N–C) groups is 2. The van der Waals surface area contributed by atoms with E-state index in [0.29, 0.717) is 23.3 Å². The van der Waals surface area contributed by atoms with Crippen LogP contribution in [0.4, 0.5) is 11.4 Å². The summed E-state index contributed by atoms with van der Waals surface area (Å²) in [6, 6.07) is 16.1. The normalized spacial score (nSPS) is 15.0. The van der Waals surface area contributed by atoms with Crippen molar-refractivity contribution in [3.8, 4) is 11.5 Å². The molecular formula is C36H48N2O2. The number of nitrogens with zero attached hydrogens (tertiary/aromatic N) is 2. The van der Waals surface area contributed by atoms with Crippen molar-refractivity contribution in [1.29, 1.82) is 0 Å². The number of phenolic OH excluding ortho intramolecular Hbond substituents is 2. The van der Waals surface area contributed by atoms with Gasteiger partial charge < -0.3 is 10.2 Å². The number of hydrogen-bond acceptors (Lipinski definition) is 4. The quantitative estimate of drug-likeness (QED) is 0.224. The Kier molecular flexibility index (Phi) is 11.1. The highest BCUT2D eigenvalue weighted by Gasteiger charge is 2.17. The second-order valence-electron chi connectivity index (χ2n) is 11.4. The number of aromatic hydroxyl groups is 2. The van der Waals surface area contributed by atoms with E-state index in [9.17, 15) is 10.2 Å². The van der Waals surface area contributed by atoms with Gasteiger partial charge in [-0.1, -0.05) is 73.6 Å². The van der Waals surface area contributed by atoms with Gasteiger partial charge in [-0.05, 0) is 102 Å². The monoisotopic (exact) mass is 540 g/mol. The third-order valence-electron chi connectivity index (χ3n) is 8.57. The predicted molar refractivity (Wildman–Crippen MR) is 172 cm³/mol. The minimum absolute atomic E-state index is 0.268. The van der Waals surface area contributed by atoms with Crippen molar-refractivity contribution in [2.24, 2.45) is 9.98 Å². The van der Waals surface area contributed by atoms with Crippen LogP contribution >= 0.6 is 0 Å². The van der Waals surface area contributed by atoms with Crippen molar-refractivity contribution < 1.29 is 10.2 Å². The highest BCUT2D eigenvalue weighted by molar-refractivity contribution is 5.88. The van der Waals surface area contributed by atoms with Gasteiger partial charge in [-0.2, -0.15) is 0 Å². The average Bonchev–Trinajstić information content (AvgIpc) is 2.98. The molecule has 2 N–H and O–H groups in total. The molecule has 3 aromatic carbocycles. The van der Waals surface area contributed by atoms with Crippen LogP contribution in [-0.2, 0) is 0 Å². The lowest BCUT2D eigenvalue weighted by Gasteiger charge is -2.18.